The van der Waals surface area contributed by atoms with E-state index in [1.807, 2.05) is 0 Å². The van der Waals surface area contributed by atoms with Crippen LogP contribution in [0.1, 0.15) is 44.3 Å². The van der Waals surface area contributed by atoms with Crippen LogP contribution in [0, 0.1) is 0 Å². The molecule has 74 valence electrons. The maximum Gasteiger partial charge on any atom is 0.0953 e. The van der Waals surface area contributed by atoms with Crippen LogP contribution in [0.15, 0.2) is 5.38 Å². The van der Waals surface area contributed by atoms with Crippen molar-refractivity contribution < 1.29 is 0 Å². The van der Waals surface area contributed by atoms with Crippen LogP contribution >= 0.6 is 11.3 Å². The maximum atomic E-state index is 5.69. The molecule has 2 nitrogen and oxygen atoms in total. The second-order valence-electron chi connectivity index (χ2n) is 4.31. The quantitative estimate of drug-likeness (QED) is 0.810. The molecule has 0 aromatic carbocycles. The molecule has 0 spiro atoms. The fourth-order valence-electron chi connectivity index (χ4n) is 0.968. The van der Waals surface area contributed by atoms with E-state index in [4.69, 9.17) is 5.73 Å². The van der Waals surface area contributed by atoms with Crippen LogP contribution in [0.25, 0.3) is 0 Å². The predicted molar refractivity (Wildman–Crippen MR) is 58.3 cm³/mol. The molecule has 0 radical (unpaired) electrons. The summed E-state index contributed by atoms with van der Waals surface area (Å²) < 4.78 is 0. The molecule has 0 unspecified atom stereocenters. The first-order valence-electron chi connectivity index (χ1n) is 4.63. The highest BCUT2D eigenvalue weighted by molar-refractivity contribution is 7.09. The Kier molecular flexibility index (Phi) is 3.09. The Morgan fingerprint density at radius 3 is 2.54 bits per heavy atom. The highest BCUT2D eigenvalue weighted by Gasteiger charge is 2.22. The van der Waals surface area contributed by atoms with E-state index >= 15 is 0 Å². The van der Waals surface area contributed by atoms with Gasteiger partial charge in [0.2, 0.25) is 0 Å². The number of hydrogen-bond donors (Lipinski definition) is 1. The number of hydrogen-bond acceptors (Lipinski definition) is 3. The van der Waals surface area contributed by atoms with Gasteiger partial charge < -0.3 is 5.73 Å². The zero-order chi connectivity index (χ0) is 10.1. The van der Waals surface area contributed by atoms with Crippen LogP contribution in [-0.2, 0) is 5.41 Å². The summed E-state index contributed by atoms with van der Waals surface area (Å²) in [6.07, 6.45) is 0. The Labute approximate surface area is 84.2 Å². The summed E-state index contributed by atoms with van der Waals surface area (Å²) in [6.45, 7) is 9.24. The SMILES string of the molecule is CC(C)c1nc(C(C)(C)CN)cs1. The molecule has 1 heterocycles. The predicted octanol–water partition coefficient (Wildman–Crippen LogP) is 2.50. The van der Waals surface area contributed by atoms with Crippen LogP contribution in [-0.4, -0.2) is 11.5 Å². The van der Waals surface area contributed by atoms with Crippen molar-refractivity contribution >= 4 is 11.3 Å². The van der Waals surface area contributed by atoms with Crippen molar-refractivity contribution in [3.63, 3.8) is 0 Å². The Bertz CT molecular complexity index is 276. The van der Waals surface area contributed by atoms with E-state index in [-0.39, 0.29) is 5.41 Å². The van der Waals surface area contributed by atoms with Crippen molar-refractivity contribution in [2.24, 2.45) is 5.73 Å². The zero-order valence-electron chi connectivity index (χ0n) is 8.79. The van der Waals surface area contributed by atoms with Gasteiger partial charge in [-0.15, -0.1) is 11.3 Å². The topological polar surface area (TPSA) is 38.9 Å². The second-order valence-corrected chi connectivity index (χ2v) is 5.20. The highest BCUT2D eigenvalue weighted by Crippen LogP contribution is 2.26. The molecule has 0 amide bonds. The molecule has 1 rings (SSSR count). The monoisotopic (exact) mass is 198 g/mol. The summed E-state index contributed by atoms with van der Waals surface area (Å²) in [6, 6.07) is 0. The smallest absolute Gasteiger partial charge is 0.0953 e. The normalized spacial score (nSPS) is 12.5. The number of rotatable bonds is 3. The Morgan fingerprint density at radius 1 is 1.54 bits per heavy atom. The second kappa shape index (κ2) is 3.76. The first-order valence-corrected chi connectivity index (χ1v) is 5.51. The highest BCUT2D eigenvalue weighted by atomic mass is 32.1. The van der Waals surface area contributed by atoms with E-state index in [0.29, 0.717) is 12.5 Å². The lowest BCUT2D eigenvalue weighted by Gasteiger charge is -2.19. The van der Waals surface area contributed by atoms with E-state index in [1.54, 1.807) is 11.3 Å². The molecule has 0 aliphatic rings. The van der Waals surface area contributed by atoms with Gasteiger partial charge in [0.15, 0.2) is 0 Å². The van der Waals surface area contributed by atoms with Crippen molar-refractivity contribution in [1.82, 2.24) is 4.98 Å². The van der Waals surface area contributed by atoms with Crippen molar-refractivity contribution in [3.8, 4) is 0 Å². The molecular formula is C10H18N2S. The van der Waals surface area contributed by atoms with Crippen LogP contribution in [0.4, 0.5) is 0 Å². The molecular weight excluding hydrogens is 180 g/mol. The average molecular weight is 198 g/mol. The van der Waals surface area contributed by atoms with Gasteiger partial charge in [0.1, 0.15) is 0 Å². The molecule has 0 saturated carbocycles. The minimum atomic E-state index is 0.0175. The number of nitrogens with zero attached hydrogens (tertiary/aromatic N) is 1. The molecule has 0 aliphatic carbocycles. The fourth-order valence-corrected chi connectivity index (χ4v) is 2.00. The van der Waals surface area contributed by atoms with Gasteiger partial charge in [0.25, 0.3) is 0 Å². The van der Waals surface area contributed by atoms with Gasteiger partial charge in [-0.05, 0) is 0 Å². The van der Waals surface area contributed by atoms with Crippen LogP contribution in [0.2, 0.25) is 0 Å². The minimum Gasteiger partial charge on any atom is -0.330 e. The van der Waals surface area contributed by atoms with Crippen molar-refractivity contribution in [1.29, 1.82) is 0 Å². The van der Waals surface area contributed by atoms with Crippen LogP contribution in [0.3, 0.4) is 0 Å². The first kappa shape index (κ1) is 10.7. The van der Waals surface area contributed by atoms with Gasteiger partial charge in [0.05, 0.1) is 10.7 Å². The van der Waals surface area contributed by atoms with Crippen molar-refractivity contribution in [3.05, 3.63) is 16.1 Å². The molecule has 0 saturated heterocycles. The third-order valence-electron chi connectivity index (χ3n) is 2.22. The molecule has 2 N–H and O–H groups in total. The summed E-state index contributed by atoms with van der Waals surface area (Å²) in [5.41, 5.74) is 6.83. The summed E-state index contributed by atoms with van der Waals surface area (Å²) in [5.74, 6) is 0.521. The number of aromatic nitrogens is 1. The van der Waals surface area contributed by atoms with Gasteiger partial charge in [-0.2, -0.15) is 0 Å². The lowest BCUT2D eigenvalue weighted by atomic mass is 9.90. The Morgan fingerprint density at radius 2 is 2.15 bits per heavy atom. The molecule has 0 aliphatic heterocycles. The van der Waals surface area contributed by atoms with E-state index in [1.165, 1.54) is 5.01 Å². The molecule has 0 atom stereocenters. The van der Waals surface area contributed by atoms with E-state index in [0.717, 1.165) is 5.69 Å². The average Bonchev–Trinajstić information content (AvgIpc) is 2.52. The Hall–Kier alpha value is -0.410. The van der Waals surface area contributed by atoms with Gasteiger partial charge >= 0.3 is 0 Å². The van der Waals surface area contributed by atoms with E-state index in [2.05, 4.69) is 38.1 Å². The molecule has 13 heavy (non-hydrogen) atoms. The van der Waals surface area contributed by atoms with Gasteiger partial charge in [-0.1, -0.05) is 27.7 Å². The largest absolute Gasteiger partial charge is 0.330 e. The summed E-state index contributed by atoms with van der Waals surface area (Å²) >= 11 is 1.73. The van der Waals surface area contributed by atoms with Gasteiger partial charge in [0, 0.05) is 23.3 Å². The lowest BCUT2D eigenvalue weighted by Crippen LogP contribution is -2.28. The summed E-state index contributed by atoms with van der Waals surface area (Å²) in [5, 5.41) is 3.33. The third kappa shape index (κ3) is 2.29. The number of thiazole rings is 1. The summed E-state index contributed by atoms with van der Waals surface area (Å²) in [7, 11) is 0. The molecule has 0 fully saturated rings. The van der Waals surface area contributed by atoms with Crippen LogP contribution in [0.5, 0.6) is 0 Å². The standard InChI is InChI=1S/C10H18N2S/c1-7(2)9-12-8(5-13-9)10(3,4)6-11/h5,7H,6,11H2,1-4H3. The summed E-state index contributed by atoms with van der Waals surface area (Å²) in [4.78, 5) is 4.59. The number of nitrogens with two attached hydrogens (primary N) is 1. The van der Waals surface area contributed by atoms with Crippen molar-refractivity contribution in [2.45, 2.75) is 39.0 Å². The van der Waals surface area contributed by atoms with E-state index < -0.39 is 0 Å². The third-order valence-corrected chi connectivity index (χ3v) is 3.36. The molecule has 3 heteroatoms. The van der Waals surface area contributed by atoms with Gasteiger partial charge in [-0.3, -0.25) is 0 Å². The molecule has 1 aromatic heterocycles. The minimum absolute atomic E-state index is 0.0175. The lowest BCUT2D eigenvalue weighted by molar-refractivity contribution is 0.522. The van der Waals surface area contributed by atoms with Crippen molar-refractivity contribution in [2.75, 3.05) is 6.54 Å². The van der Waals surface area contributed by atoms with Crippen LogP contribution < -0.4 is 5.73 Å². The maximum absolute atomic E-state index is 5.69. The van der Waals surface area contributed by atoms with Gasteiger partial charge in [-0.25, -0.2) is 4.98 Å². The Balaban J connectivity index is 2.91. The molecule has 0 bridgehead atoms. The molecule has 1 aromatic rings. The fraction of sp³-hybridized carbons (Fsp3) is 0.700. The van der Waals surface area contributed by atoms with E-state index in [9.17, 15) is 0 Å². The zero-order valence-corrected chi connectivity index (χ0v) is 9.61. The first-order chi connectivity index (χ1) is 5.97.